The number of rotatable bonds is 4. The third-order valence-corrected chi connectivity index (χ3v) is 2.53. The standard InChI is InChI=1S/C11H12N6O3/c1-6-7(17(18)19)3-2-4-8(6)20-10-5-9(16-13)14-11(12)15-10/h2-5H,13H2,1H3,(H3,12,14,15,16). The molecule has 0 radical (unpaired) electrons. The molecule has 0 saturated heterocycles. The SMILES string of the molecule is Cc1c(Oc2cc(NN)nc(N)n2)cccc1[N+](=O)[O-]. The summed E-state index contributed by atoms with van der Waals surface area (Å²) in [7, 11) is 0. The molecule has 20 heavy (non-hydrogen) atoms. The van der Waals surface area contributed by atoms with E-state index in [-0.39, 0.29) is 23.3 Å². The van der Waals surface area contributed by atoms with Gasteiger partial charge in [-0.3, -0.25) is 10.1 Å². The number of hydrogen-bond acceptors (Lipinski definition) is 8. The fourth-order valence-electron chi connectivity index (χ4n) is 1.59. The summed E-state index contributed by atoms with van der Waals surface area (Å²) in [6.45, 7) is 1.58. The molecule has 0 amide bonds. The maximum absolute atomic E-state index is 10.9. The first kappa shape index (κ1) is 13.5. The van der Waals surface area contributed by atoms with Gasteiger partial charge in [-0.05, 0) is 13.0 Å². The Hall–Kier alpha value is -2.94. The van der Waals surface area contributed by atoms with E-state index in [1.54, 1.807) is 13.0 Å². The van der Waals surface area contributed by atoms with Gasteiger partial charge < -0.3 is 15.9 Å². The Kier molecular flexibility index (Phi) is 3.62. The molecule has 9 heteroatoms. The Labute approximate surface area is 113 Å². The van der Waals surface area contributed by atoms with Crippen molar-refractivity contribution in [3.63, 3.8) is 0 Å². The van der Waals surface area contributed by atoms with Crippen molar-refractivity contribution < 1.29 is 9.66 Å². The zero-order valence-corrected chi connectivity index (χ0v) is 10.5. The van der Waals surface area contributed by atoms with Gasteiger partial charge in [0.05, 0.1) is 10.5 Å². The molecule has 0 aliphatic heterocycles. The van der Waals surface area contributed by atoms with Crippen molar-refractivity contribution in [2.45, 2.75) is 6.92 Å². The molecule has 2 rings (SSSR count). The Bertz CT molecular complexity index is 661. The van der Waals surface area contributed by atoms with Gasteiger partial charge in [0.2, 0.25) is 11.8 Å². The van der Waals surface area contributed by atoms with E-state index in [0.29, 0.717) is 11.3 Å². The van der Waals surface area contributed by atoms with Gasteiger partial charge in [0.1, 0.15) is 11.6 Å². The Balaban J connectivity index is 2.37. The molecule has 5 N–H and O–H groups in total. The second kappa shape index (κ2) is 5.36. The van der Waals surface area contributed by atoms with E-state index < -0.39 is 4.92 Å². The summed E-state index contributed by atoms with van der Waals surface area (Å²) in [6.07, 6.45) is 0. The van der Waals surface area contributed by atoms with Crippen LogP contribution < -0.4 is 21.7 Å². The van der Waals surface area contributed by atoms with E-state index >= 15 is 0 Å². The van der Waals surface area contributed by atoms with E-state index in [9.17, 15) is 10.1 Å². The molecular formula is C11H12N6O3. The number of nitrogens with one attached hydrogen (secondary N) is 1. The third kappa shape index (κ3) is 2.72. The smallest absolute Gasteiger partial charge is 0.276 e. The van der Waals surface area contributed by atoms with Crippen molar-refractivity contribution in [2.75, 3.05) is 11.2 Å². The van der Waals surface area contributed by atoms with Gasteiger partial charge in [-0.25, -0.2) is 5.84 Å². The highest BCUT2D eigenvalue weighted by atomic mass is 16.6. The van der Waals surface area contributed by atoms with Crippen LogP contribution >= 0.6 is 0 Å². The summed E-state index contributed by atoms with van der Waals surface area (Å²) < 4.78 is 5.49. The molecule has 0 unspecified atom stereocenters. The molecule has 104 valence electrons. The van der Waals surface area contributed by atoms with E-state index in [2.05, 4.69) is 15.4 Å². The van der Waals surface area contributed by atoms with Gasteiger partial charge in [0.15, 0.2) is 0 Å². The summed E-state index contributed by atoms with van der Waals surface area (Å²) in [4.78, 5) is 18.1. The lowest BCUT2D eigenvalue weighted by molar-refractivity contribution is -0.385. The van der Waals surface area contributed by atoms with Gasteiger partial charge in [-0.2, -0.15) is 9.97 Å². The number of nitro benzene ring substituents is 1. The minimum atomic E-state index is -0.483. The summed E-state index contributed by atoms with van der Waals surface area (Å²) in [5.41, 5.74) is 8.16. The van der Waals surface area contributed by atoms with Crippen molar-refractivity contribution in [1.29, 1.82) is 0 Å². The Morgan fingerprint density at radius 2 is 2.15 bits per heavy atom. The fourth-order valence-corrected chi connectivity index (χ4v) is 1.59. The topological polar surface area (TPSA) is 142 Å². The van der Waals surface area contributed by atoms with Crippen molar-refractivity contribution in [1.82, 2.24) is 9.97 Å². The summed E-state index contributed by atoms with van der Waals surface area (Å²) in [6, 6.07) is 5.93. The fraction of sp³-hybridized carbons (Fsp3) is 0.0909. The number of hydrogen-bond donors (Lipinski definition) is 3. The second-order valence-electron chi connectivity index (χ2n) is 3.85. The van der Waals surface area contributed by atoms with Crippen molar-refractivity contribution >= 4 is 17.5 Å². The molecule has 0 fully saturated rings. The van der Waals surface area contributed by atoms with Gasteiger partial charge >= 0.3 is 0 Å². The van der Waals surface area contributed by atoms with Crippen LogP contribution in [0.4, 0.5) is 17.5 Å². The molecule has 0 spiro atoms. The predicted molar refractivity (Wildman–Crippen MR) is 72.2 cm³/mol. The number of benzene rings is 1. The van der Waals surface area contributed by atoms with Gasteiger partial charge in [0.25, 0.3) is 5.69 Å². The number of ether oxygens (including phenoxy) is 1. The maximum atomic E-state index is 10.9. The monoisotopic (exact) mass is 276 g/mol. The van der Waals surface area contributed by atoms with Crippen LogP contribution in [0.1, 0.15) is 5.56 Å². The first-order valence-corrected chi connectivity index (χ1v) is 5.54. The Morgan fingerprint density at radius 3 is 2.80 bits per heavy atom. The average molecular weight is 276 g/mol. The van der Waals surface area contributed by atoms with Gasteiger partial charge in [-0.15, -0.1) is 0 Å². The highest BCUT2D eigenvalue weighted by molar-refractivity contribution is 5.50. The lowest BCUT2D eigenvalue weighted by Gasteiger charge is -2.09. The summed E-state index contributed by atoms with van der Waals surface area (Å²) in [5.74, 6) is 5.92. The maximum Gasteiger partial charge on any atom is 0.276 e. The minimum Gasteiger partial charge on any atom is -0.438 e. The predicted octanol–water partition coefficient (Wildman–Crippen LogP) is 1.35. The van der Waals surface area contributed by atoms with Crippen molar-refractivity contribution in [3.05, 3.63) is 39.9 Å². The number of nitro groups is 1. The summed E-state index contributed by atoms with van der Waals surface area (Å²) in [5, 5.41) is 10.9. The molecule has 0 aliphatic carbocycles. The zero-order chi connectivity index (χ0) is 14.7. The molecule has 0 aliphatic rings. The lowest BCUT2D eigenvalue weighted by Crippen LogP contribution is -2.10. The first-order chi connectivity index (χ1) is 9.51. The number of hydrazine groups is 1. The van der Waals surface area contributed by atoms with E-state index in [4.69, 9.17) is 16.3 Å². The molecule has 9 nitrogen and oxygen atoms in total. The number of nitrogen functional groups attached to an aromatic ring is 2. The largest absolute Gasteiger partial charge is 0.438 e. The quantitative estimate of drug-likeness (QED) is 0.431. The lowest BCUT2D eigenvalue weighted by atomic mass is 10.2. The Morgan fingerprint density at radius 1 is 1.40 bits per heavy atom. The molecule has 1 aromatic carbocycles. The van der Waals surface area contributed by atoms with Crippen LogP contribution in [0.3, 0.4) is 0 Å². The average Bonchev–Trinajstić information content (AvgIpc) is 2.40. The normalized spacial score (nSPS) is 10.1. The van der Waals surface area contributed by atoms with Gasteiger partial charge in [0, 0.05) is 12.1 Å². The molecule has 0 atom stereocenters. The highest BCUT2D eigenvalue weighted by Crippen LogP contribution is 2.30. The summed E-state index contributed by atoms with van der Waals surface area (Å²) >= 11 is 0. The van der Waals surface area contributed by atoms with Crippen LogP contribution in [0.15, 0.2) is 24.3 Å². The first-order valence-electron chi connectivity index (χ1n) is 5.54. The van der Waals surface area contributed by atoms with Crippen LogP contribution in [0.25, 0.3) is 0 Å². The van der Waals surface area contributed by atoms with Crippen LogP contribution in [0.5, 0.6) is 11.6 Å². The molecule has 0 bridgehead atoms. The van der Waals surface area contributed by atoms with Crippen molar-refractivity contribution in [3.8, 4) is 11.6 Å². The van der Waals surface area contributed by atoms with E-state index in [1.807, 2.05) is 0 Å². The molecule has 0 saturated carbocycles. The number of aromatic nitrogens is 2. The second-order valence-corrected chi connectivity index (χ2v) is 3.85. The van der Waals surface area contributed by atoms with Crippen LogP contribution in [-0.4, -0.2) is 14.9 Å². The zero-order valence-electron chi connectivity index (χ0n) is 10.5. The van der Waals surface area contributed by atoms with Crippen LogP contribution in [0, 0.1) is 17.0 Å². The number of anilines is 2. The number of nitrogens with two attached hydrogens (primary N) is 2. The molecule has 1 heterocycles. The third-order valence-electron chi connectivity index (χ3n) is 2.53. The van der Waals surface area contributed by atoms with Gasteiger partial charge in [-0.1, -0.05) is 6.07 Å². The van der Waals surface area contributed by atoms with E-state index in [0.717, 1.165) is 0 Å². The minimum absolute atomic E-state index is 0.0291. The number of nitrogens with zero attached hydrogens (tertiary/aromatic N) is 3. The van der Waals surface area contributed by atoms with Crippen LogP contribution in [-0.2, 0) is 0 Å². The highest BCUT2D eigenvalue weighted by Gasteiger charge is 2.15. The van der Waals surface area contributed by atoms with Crippen LogP contribution in [0.2, 0.25) is 0 Å². The molecule has 2 aromatic rings. The van der Waals surface area contributed by atoms with Crippen molar-refractivity contribution in [2.24, 2.45) is 5.84 Å². The molecule has 1 aromatic heterocycles. The molecular weight excluding hydrogens is 264 g/mol. The van der Waals surface area contributed by atoms with E-state index in [1.165, 1.54) is 18.2 Å².